The molecule has 7 nitrogen and oxygen atoms in total. The lowest BCUT2D eigenvalue weighted by Crippen LogP contribution is -2.25. The van der Waals surface area contributed by atoms with Gasteiger partial charge in [-0.05, 0) is 61.2 Å². The van der Waals surface area contributed by atoms with E-state index in [9.17, 15) is 14.4 Å². The number of rotatable bonds is 9. The SMILES string of the molecule is COc1ccc(CCC(=O)NCCCc2nn(-c3ccc(F)cc3)c(N)c2C#N)cc1. The van der Waals surface area contributed by atoms with Crippen LogP contribution in [0.2, 0.25) is 0 Å². The van der Waals surface area contributed by atoms with Gasteiger partial charge in [-0.3, -0.25) is 4.79 Å². The van der Waals surface area contributed by atoms with Crippen LogP contribution in [0, 0.1) is 17.1 Å². The quantitative estimate of drug-likeness (QED) is 0.516. The number of amides is 1. The maximum Gasteiger partial charge on any atom is 0.220 e. The van der Waals surface area contributed by atoms with Crippen LogP contribution in [0.3, 0.4) is 0 Å². The molecule has 0 bridgehead atoms. The Morgan fingerprint density at radius 3 is 2.55 bits per heavy atom. The van der Waals surface area contributed by atoms with Crippen molar-refractivity contribution in [1.82, 2.24) is 15.1 Å². The summed E-state index contributed by atoms with van der Waals surface area (Å²) in [4.78, 5) is 12.1. The molecule has 0 aliphatic heterocycles. The van der Waals surface area contributed by atoms with Gasteiger partial charge in [-0.15, -0.1) is 0 Å². The molecule has 0 saturated carbocycles. The minimum atomic E-state index is -0.363. The van der Waals surface area contributed by atoms with Crippen LogP contribution in [0.25, 0.3) is 5.69 Å². The molecule has 1 heterocycles. The number of hydrogen-bond donors (Lipinski definition) is 2. The van der Waals surface area contributed by atoms with Gasteiger partial charge in [-0.2, -0.15) is 10.4 Å². The van der Waals surface area contributed by atoms with Crippen molar-refractivity contribution in [2.24, 2.45) is 0 Å². The van der Waals surface area contributed by atoms with Crippen LogP contribution in [-0.2, 0) is 17.6 Å². The van der Waals surface area contributed by atoms with Crippen molar-refractivity contribution in [2.45, 2.75) is 25.7 Å². The fourth-order valence-electron chi connectivity index (χ4n) is 3.18. The molecular formula is C23H24FN5O2. The molecule has 0 aliphatic carbocycles. The molecule has 160 valence electrons. The molecule has 8 heteroatoms. The summed E-state index contributed by atoms with van der Waals surface area (Å²) in [5.74, 6) is 0.603. The van der Waals surface area contributed by atoms with Crippen molar-refractivity contribution in [3.8, 4) is 17.5 Å². The number of nitriles is 1. The number of methoxy groups -OCH3 is 1. The maximum absolute atomic E-state index is 13.2. The van der Waals surface area contributed by atoms with Gasteiger partial charge in [-0.1, -0.05) is 12.1 Å². The van der Waals surface area contributed by atoms with Gasteiger partial charge in [0, 0.05) is 13.0 Å². The van der Waals surface area contributed by atoms with E-state index < -0.39 is 0 Å². The molecule has 3 rings (SSSR count). The number of nitrogens with two attached hydrogens (primary N) is 1. The van der Waals surface area contributed by atoms with Gasteiger partial charge in [-0.25, -0.2) is 9.07 Å². The number of carbonyl (C=O) groups excluding carboxylic acids is 1. The predicted octanol–water partition coefficient (Wildman–Crippen LogP) is 3.16. The van der Waals surface area contributed by atoms with E-state index in [2.05, 4.69) is 16.5 Å². The Balaban J connectivity index is 1.49. The van der Waals surface area contributed by atoms with E-state index in [-0.39, 0.29) is 17.5 Å². The Bertz CT molecular complexity index is 1070. The number of ether oxygens (including phenoxy) is 1. The zero-order chi connectivity index (χ0) is 22.2. The van der Waals surface area contributed by atoms with E-state index in [4.69, 9.17) is 10.5 Å². The Labute approximate surface area is 180 Å². The first kappa shape index (κ1) is 21.8. The highest BCUT2D eigenvalue weighted by Crippen LogP contribution is 2.21. The molecule has 0 fully saturated rings. The van der Waals surface area contributed by atoms with Crippen molar-refractivity contribution in [3.63, 3.8) is 0 Å². The number of halogens is 1. The molecule has 0 atom stereocenters. The average molecular weight is 421 g/mol. The number of nitrogens with one attached hydrogen (secondary N) is 1. The van der Waals surface area contributed by atoms with Gasteiger partial charge < -0.3 is 15.8 Å². The van der Waals surface area contributed by atoms with E-state index in [1.54, 1.807) is 19.2 Å². The van der Waals surface area contributed by atoms with Gasteiger partial charge >= 0.3 is 0 Å². The van der Waals surface area contributed by atoms with E-state index in [0.717, 1.165) is 11.3 Å². The monoisotopic (exact) mass is 421 g/mol. The number of aryl methyl sites for hydroxylation is 2. The van der Waals surface area contributed by atoms with Crippen molar-refractivity contribution in [3.05, 3.63) is 71.2 Å². The third-order valence-electron chi connectivity index (χ3n) is 4.89. The van der Waals surface area contributed by atoms with Crippen LogP contribution in [0.1, 0.15) is 29.7 Å². The predicted molar refractivity (Wildman–Crippen MR) is 115 cm³/mol. The minimum Gasteiger partial charge on any atom is -0.497 e. The molecule has 0 spiro atoms. The number of anilines is 1. The third kappa shape index (κ3) is 5.60. The first-order chi connectivity index (χ1) is 15.0. The van der Waals surface area contributed by atoms with Gasteiger partial charge in [0.15, 0.2) is 0 Å². The highest BCUT2D eigenvalue weighted by atomic mass is 19.1. The number of hydrogen-bond acceptors (Lipinski definition) is 5. The zero-order valence-electron chi connectivity index (χ0n) is 17.3. The Kier molecular flexibility index (Phi) is 7.22. The van der Waals surface area contributed by atoms with Crippen molar-refractivity contribution < 1.29 is 13.9 Å². The largest absolute Gasteiger partial charge is 0.497 e. The van der Waals surface area contributed by atoms with E-state index in [1.165, 1.54) is 16.8 Å². The van der Waals surface area contributed by atoms with E-state index >= 15 is 0 Å². The van der Waals surface area contributed by atoms with Crippen LogP contribution in [-0.4, -0.2) is 29.3 Å². The van der Waals surface area contributed by atoms with Gasteiger partial charge in [0.2, 0.25) is 5.91 Å². The fraction of sp³-hybridized carbons (Fsp3) is 0.261. The average Bonchev–Trinajstić information content (AvgIpc) is 3.11. The molecule has 1 aromatic heterocycles. The third-order valence-corrected chi connectivity index (χ3v) is 4.89. The molecular weight excluding hydrogens is 397 g/mol. The minimum absolute atomic E-state index is 0.0346. The maximum atomic E-state index is 13.2. The number of aromatic nitrogens is 2. The van der Waals surface area contributed by atoms with E-state index in [1.807, 2.05) is 24.3 Å². The molecule has 0 saturated heterocycles. The lowest BCUT2D eigenvalue weighted by atomic mass is 10.1. The first-order valence-corrected chi connectivity index (χ1v) is 9.95. The number of nitrogen functional groups attached to an aromatic ring is 1. The van der Waals surface area contributed by atoms with Gasteiger partial charge in [0.05, 0.1) is 18.5 Å². The second-order valence-corrected chi connectivity index (χ2v) is 7.01. The van der Waals surface area contributed by atoms with Crippen molar-refractivity contribution in [2.75, 3.05) is 19.4 Å². The van der Waals surface area contributed by atoms with Crippen molar-refractivity contribution in [1.29, 1.82) is 5.26 Å². The van der Waals surface area contributed by atoms with Crippen LogP contribution >= 0.6 is 0 Å². The summed E-state index contributed by atoms with van der Waals surface area (Å²) in [6.07, 6.45) is 2.14. The highest BCUT2D eigenvalue weighted by Gasteiger charge is 2.16. The standard InChI is InChI=1S/C23H24FN5O2/c1-31-19-11-4-16(5-12-19)6-13-22(30)27-14-2-3-21-20(15-25)23(26)29(28-21)18-9-7-17(24)8-10-18/h4-5,7-12H,2-3,6,13-14,26H2,1H3,(H,27,30). The second kappa shape index (κ2) is 10.3. The van der Waals surface area contributed by atoms with Crippen LogP contribution < -0.4 is 15.8 Å². The molecule has 3 N–H and O–H groups in total. The van der Waals surface area contributed by atoms with Gasteiger partial charge in [0.1, 0.15) is 29.0 Å². The fourth-order valence-corrected chi connectivity index (χ4v) is 3.18. The molecule has 31 heavy (non-hydrogen) atoms. The second-order valence-electron chi connectivity index (χ2n) is 7.01. The van der Waals surface area contributed by atoms with Gasteiger partial charge in [0.25, 0.3) is 0 Å². The summed E-state index contributed by atoms with van der Waals surface area (Å²) in [6, 6.07) is 15.4. The zero-order valence-corrected chi connectivity index (χ0v) is 17.3. The number of benzene rings is 2. The van der Waals surface area contributed by atoms with Crippen LogP contribution in [0.5, 0.6) is 5.75 Å². The molecule has 1 amide bonds. The summed E-state index contributed by atoms with van der Waals surface area (Å²) >= 11 is 0. The molecule has 0 aliphatic rings. The topological polar surface area (TPSA) is 106 Å². The molecule has 3 aromatic rings. The normalized spacial score (nSPS) is 10.5. The molecule has 0 radical (unpaired) electrons. The Morgan fingerprint density at radius 1 is 1.19 bits per heavy atom. The van der Waals surface area contributed by atoms with Crippen LogP contribution in [0.15, 0.2) is 48.5 Å². The lowest BCUT2D eigenvalue weighted by molar-refractivity contribution is -0.121. The van der Waals surface area contributed by atoms with Crippen LogP contribution in [0.4, 0.5) is 10.2 Å². The number of carbonyl (C=O) groups is 1. The molecule has 0 unspecified atom stereocenters. The van der Waals surface area contributed by atoms with E-state index in [0.29, 0.717) is 49.2 Å². The Hall–Kier alpha value is -3.86. The smallest absolute Gasteiger partial charge is 0.220 e. The summed E-state index contributed by atoms with van der Waals surface area (Å²) < 4.78 is 19.7. The Morgan fingerprint density at radius 2 is 1.90 bits per heavy atom. The summed E-state index contributed by atoms with van der Waals surface area (Å²) in [7, 11) is 1.61. The summed E-state index contributed by atoms with van der Waals surface area (Å²) in [5.41, 5.74) is 8.55. The number of nitrogens with zero attached hydrogens (tertiary/aromatic N) is 3. The molecule has 2 aromatic carbocycles. The summed E-state index contributed by atoms with van der Waals surface area (Å²) in [6.45, 7) is 0.468. The highest BCUT2D eigenvalue weighted by molar-refractivity contribution is 5.76. The lowest BCUT2D eigenvalue weighted by Gasteiger charge is -2.06. The first-order valence-electron chi connectivity index (χ1n) is 9.95. The summed E-state index contributed by atoms with van der Waals surface area (Å²) in [5, 5.41) is 16.7. The van der Waals surface area contributed by atoms with Crippen molar-refractivity contribution >= 4 is 11.7 Å².